The molecule has 0 aliphatic heterocycles. The van der Waals surface area contributed by atoms with Crippen LogP contribution in [0.3, 0.4) is 0 Å². The summed E-state index contributed by atoms with van der Waals surface area (Å²) in [7, 11) is 0. The van der Waals surface area contributed by atoms with Gasteiger partial charge in [0.15, 0.2) is 0 Å². The molecule has 6 nitrogen and oxygen atoms in total. The molecule has 9 heteroatoms. The Bertz CT molecular complexity index is 1530. The lowest BCUT2D eigenvalue weighted by Crippen LogP contribution is -2.32. The van der Waals surface area contributed by atoms with Crippen LogP contribution in [0.1, 0.15) is 11.1 Å². The van der Waals surface area contributed by atoms with Gasteiger partial charge >= 0.3 is 5.97 Å². The predicted octanol–water partition coefficient (Wildman–Crippen LogP) is 6.63. The van der Waals surface area contributed by atoms with Gasteiger partial charge in [0.05, 0.1) is 5.52 Å². The highest BCUT2D eigenvalue weighted by atomic mass is 35.5. The molecule has 0 fully saturated rings. The molecule has 5 rings (SSSR count). The zero-order valence-electron chi connectivity index (χ0n) is 19.5. The van der Waals surface area contributed by atoms with Crippen LogP contribution in [-0.2, 0) is 17.8 Å². The molecule has 1 atom stereocenters. The summed E-state index contributed by atoms with van der Waals surface area (Å²) in [6, 6.07) is 22.6. The monoisotopic (exact) mass is 551 g/mol. The number of halogens is 2. The Morgan fingerprint density at radius 3 is 2.46 bits per heavy atom. The van der Waals surface area contributed by atoms with E-state index in [1.807, 2.05) is 78.2 Å². The van der Waals surface area contributed by atoms with E-state index in [-0.39, 0.29) is 18.8 Å². The van der Waals surface area contributed by atoms with Crippen molar-refractivity contribution in [2.24, 2.45) is 5.73 Å². The third-order valence-corrected chi connectivity index (χ3v) is 7.07. The van der Waals surface area contributed by atoms with E-state index in [0.717, 1.165) is 43.6 Å². The van der Waals surface area contributed by atoms with Gasteiger partial charge in [-0.1, -0.05) is 72.3 Å². The fourth-order valence-electron chi connectivity index (χ4n) is 4.01. The Hall–Kier alpha value is -3.49. The van der Waals surface area contributed by atoms with Gasteiger partial charge in [-0.25, -0.2) is 9.97 Å². The van der Waals surface area contributed by atoms with Crippen LogP contribution in [-0.4, -0.2) is 27.1 Å². The number of fused-ring (bicyclic) bond motifs is 1. The van der Waals surface area contributed by atoms with Crippen molar-refractivity contribution in [3.05, 3.63) is 101 Å². The summed E-state index contributed by atoms with van der Waals surface area (Å²) in [5.41, 5.74) is 12.4. The number of aromatic nitrogens is 2. The van der Waals surface area contributed by atoms with Crippen molar-refractivity contribution < 1.29 is 14.6 Å². The number of carboxylic acid groups (broad SMARTS) is 1. The van der Waals surface area contributed by atoms with E-state index in [1.54, 1.807) is 0 Å². The highest BCUT2D eigenvalue weighted by molar-refractivity contribution is 7.18. The van der Waals surface area contributed by atoms with Crippen LogP contribution in [0.25, 0.3) is 32.5 Å². The number of nitrogens with zero attached hydrogens (tertiary/aromatic N) is 2. The van der Waals surface area contributed by atoms with Crippen molar-refractivity contribution >= 4 is 51.5 Å². The molecule has 0 aliphatic rings. The second kappa shape index (κ2) is 11.7. The molecule has 188 valence electrons. The highest BCUT2D eigenvalue weighted by Gasteiger charge is 2.16. The Labute approximate surface area is 229 Å². The molecule has 0 bridgehead atoms. The number of nitrogens with two attached hydrogens (primary N) is 1. The van der Waals surface area contributed by atoms with E-state index in [2.05, 4.69) is 9.97 Å². The minimum absolute atomic E-state index is 0. The van der Waals surface area contributed by atoms with Crippen molar-refractivity contribution in [1.82, 2.24) is 9.97 Å². The number of carboxylic acids is 1. The maximum absolute atomic E-state index is 11.0. The van der Waals surface area contributed by atoms with Crippen LogP contribution < -0.4 is 10.5 Å². The van der Waals surface area contributed by atoms with Crippen molar-refractivity contribution in [1.29, 1.82) is 0 Å². The highest BCUT2D eigenvalue weighted by Crippen LogP contribution is 2.37. The first kappa shape index (κ1) is 26.6. The summed E-state index contributed by atoms with van der Waals surface area (Å²) in [5.74, 6) is -0.490. The molecule has 0 saturated carbocycles. The van der Waals surface area contributed by atoms with Crippen molar-refractivity contribution in [2.75, 3.05) is 0 Å². The summed E-state index contributed by atoms with van der Waals surface area (Å²) in [6.45, 7) is 0.333. The van der Waals surface area contributed by atoms with Gasteiger partial charge in [0.2, 0.25) is 5.88 Å². The number of hydrogen-bond acceptors (Lipinski definition) is 6. The molecule has 37 heavy (non-hydrogen) atoms. The normalized spacial score (nSPS) is 11.6. The van der Waals surface area contributed by atoms with Gasteiger partial charge in [-0.05, 0) is 46.4 Å². The largest absolute Gasteiger partial charge is 0.480 e. The van der Waals surface area contributed by atoms with Gasteiger partial charge < -0.3 is 15.6 Å². The molecule has 2 aromatic heterocycles. The van der Waals surface area contributed by atoms with Crippen molar-refractivity contribution in [3.8, 4) is 28.1 Å². The van der Waals surface area contributed by atoms with Crippen LogP contribution in [0.5, 0.6) is 5.88 Å². The van der Waals surface area contributed by atoms with Crippen LogP contribution in [0, 0.1) is 0 Å². The van der Waals surface area contributed by atoms with Crippen molar-refractivity contribution in [2.45, 2.75) is 19.1 Å². The number of aliphatic carboxylic acids is 1. The number of ether oxygens (including phenoxy) is 1. The first-order valence-electron chi connectivity index (χ1n) is 11.3. The zero-order valence-corrected chi connectivity index (χ0v) is 21.9. The molecule has 0 radical (unpaired) electrons. The Kier molecular flexibility index (Phi) is 8.41. The second-order valence-corrected chi connectivity index (χ2v) is 9.62. The fraction of sp³-hybridized carbons (Fsp3) is 0.107. The SMILES string of the molecule is Cl.N[C@@H](Cc1ccc(-c2csc3c(OCc4ccc(Cl)cc4-c4ccccc4)ncnc23)cc1)C(=O)O. The number of rotatable bonds is 8. The summed E-state index contributed by atoms with van der Waals surface area (Å²) in [5, 5.41) is 11.7. The molecule has 0 amide bonds. The van der Waals surface area contributed by atoms with Gasteiger partial charge in [0.1, 0.15) is 23.7 Å². The first-order chi connectivity index (χ1) is 17.5. The minimum Gasteiger partial charge on any atom is -0.480 e. The molecule has 0 saturated heterocycles. The van der Waals surface area contributed by atoms with Gasteiger partial charge in [-0.2, -0.15) is 0 Å². The average Bonchev–Trinajstić information content (AvgIpc) is 3.34. The van der Waals surface area contributed by atoms with Gasteiger partial charge in [0, 0.05) is 16.0 Å². The summed E-state index contributed by atoms with van der Waals surface area (Å²) in [6.07, 6.45) is 1.78. The van der Waals surface area contributed by atoms with Gasteiger partial charge in [-0.15, -0.1) is 23.7 Å². The summed E-state index contributed by atoms with van der Waals surface area (Å²) < 4.78 is 7.05. The van der Waals surface area contributed by atoms with E-state index in [9.17, 15) is 4.79 Å². The Morgan fingerprint density at radius 2 is 1.73 bits per heavy atom. The molecule has 0 unspecified atom stereocenters. The number of benzene rings is 3. The lowest BCUT2D eigenvalue weighted by molar-refractivity contribution is -0.138. The minimum atomic E-state index is -1.01. The third kappa shape index (κ3) is 5.92. The van der Waals surface area contributed by atoms with Crippen LogP contribution >= 0.6 is 35.3 Å². The maximum Gasteiger partial charge on any atom is 0.320 e. The number of hydrogen-bond donors (Lipinski definition) is 2. The van der Waals surface area contributed by atoms with E-state index in [0.29, 0.717) is 17.5 Å². The van der Waals surface area contributed by atoms with E-state index >= 15 is 0 Å². The van der Waals surface area contributed by atoms with Gasteiger partial charge in [-0.3, -0.25) is 4.79 Å². The average molecular weight is 552 g/mol. The topological polar surface area (TPSA) is 98.3 Å². The van der Waals surface area contributed by atoms with Gasteiger partial charge in [0.25, 0.3) is 0 Å². The van der Waals surface area contributed by atoms with Crippen molar-refractivity contribution in [3.63, 3.8) is 0 Å². The summed E-state index contributed by atoms with van der Waals surface area (Å²) >= 11 is 7.80. The molecule has 5 aromatic rings. The van der Waals surface area contributed by atoms with Crippen LogP contribution in [0.4, 0.5) is 0 Å². The molecule has 3 N–H and O–H groups in total. The second-order valence-electron chi connectivity index (χ2n) is 8.31. The maximum atomic E-state index is 11.0. The number of thiophene rings is 1. The third-order valence-electron chi connectivity index (χ3n) is 5.88. The molecular formula is C28H23Cl2N3O3S. The van der Waals surface area contributed by atoms with Crippen LogP contribution in [0.15, 0.2) is 84.5 Å². The standard InChI is InChI=1S/C28H22ClN3O3S.ClH/c29-21-11-10-20(22(13-21)18-4-2-1-3-5-18)14-35-27-26-25(31-16-32-27)23(15-36-26)19-8-6-17(7-9-19)12-24(30)28(33)34;/h1-11,13,15-16,24H,12,14,30H2,(H,33,34);1H/t24-;/m0./s1. The Balaban J connectivity index is 0.00000320. The quantitative estimate of drug-likeness (QED) is 0.224. The van der Waals surface area contributed by atoms with E-state index in [4.69, 9.17) is 27.2 Å². The number of carbonyl (C=O) groups is 1. The lowest BCUT2D eigenvalue weighted by Gasteiger charge is -2.12. The molecule has 2 heterocycles. The zero-order chi connectivity index (χ0) is 25.1. The fourth-order valence-corrected chi connectivity index (χ4v) is 5.15. The molecular weight excluding hydrogens is 529 g/mol. The molecule has 3 aromatic carbocycles. The van der Waals surface area contributed by atoms with E-state index in [1.165, 1.54) is 17.7 Å². The smallest absolute Gasteiger partial charge is 0.320 e. The Morgan fingerprint density at radius 1 is 1.00 bits per heavy atom. The van der Waals surface area contributed by atoms with Crippen LogP contribution in [0.2, 0.25) is 5.02 Å². The molecule has 0 aliphatic carbocycles. The lowest BCUT2D eigenvalue weighted by atomic mass is 10.0. The van der Waals surface area contributed by atoms with E-state index < -0.39 is 12.0 Å². The molecule has 0 spiro atoms. The first-order valence-corrected chi connectivity index (χ1v) is 12.5. The summed E-state index contributed by atoms with van der Waals surface area (Å²) in [4.78, 5) is 19.9. The predicted molar refractivity (Wildman–Crippen MR) is 151 cm³/mol.